The van der Waals surface area contributed by atoms with Crippen molar-refractivity contribution < 1.29 is 19.1 Å². The van der Waals surface area contributed by atoms with Crippen molar-refractivity contribution in [1.82, 2.24) is 9.78 Å². The quantitative estimate of drug-likeness (QED) is 0.691. The number of anilines is 1. The highest BCUT2D eigenvalue weighted by Crippen LogP contribution is 2.15. The number of carbonyl (C=O) groups excluding carboxylic acids is 2. The summed E-state index contributed by atoms with van der Waals surface area (Å²) in [5, 5.41) is 6.76. The number of hydrogen-bond donors (Lipinski definition) is 1. The molecule has 1 N–H and O–H groups in total. The van der Waals surface area contributed by atoms with E-state index in [0.29, 0.717) is 17.0 Å². The van der Waals surface area contributed by atoms with Gasteiger partial charge >= 0.3 is 5.97 Å². The summed E-state index contributed by atoms with van der Waals surface area (Å²) in [7, 11) is 1.56. The summed E-state index contributed by atoms with van der Waals surface area (Å²) in [6.07, 6.45) is 3.47. The molecular weight excluding hydrogens is 334 g/mol. The Morgan fingerprint density at radius 1 is 1.08 bits per heavy atom. The summed E-state index contributed by atoms with van der Waals surface area (Å²) in [6, 6.07) is 15.4. The molecule has 7 nitrogen and oxygen atoms in total. The number of nitrogens with zero attached hydrogens (tertiary/aromatic N) is 2. The molecule has 1 amide bonds. The molecule has 0 aliphatic heterocycles. The van der Waals surface area contributed by atoms with E-state index in [1.807, 2.05) is 6.07 Å². The van der Waals surface area contributed by atoms with Gasteiger partial charge < -0.3 is 14.8 Å². The van der Waals surface area contributed by atoms with Crippen LogP contribution in [0.1, 0.15) is 10.4 Å². The van der Waals surface area contributed by atoms with Gasteiger partial charge in [0.25, 0.3) is 5.91 Å². The molecule has 3 aromatic rings. The van der Waals surface area contributed by atoms with Gasteiger partial charge in [-0.2, -0.15) is 5.10 Å². The number of aromatic nitrogens is 2. The lowest BCUT2D eigenvalue weighted by Gasteiger charge is -2.08. The lowest BCUT2D eigenvalue weighted by atomic mass is 10.2. The fraction of sp³-hybridized carbons (Fsp3) is 0.105. The minimum Gasteiger partial charge on any atom is -0.497 e. The molecule has 0 spiro atoms. The van der Waals surface area contributed by atoms with Gasteiger partial charge in [-0.05, 0) is 54.6 Å². The predicted molar refractivity (Wildman–Crippen MR) is 95.5 cm³/mol. The second-order valence-corrected chi connectivity index (χ2v) is 5.35. The molecule has 7 heteroatoms. The van der Waals surface area contributed by atoms with E-state index in [0.717, 1.165) is 5.69 Å². The zero-order valence-electron chi connectivity index (χ0n) is 14.1. The van der Waals surface area contributed by atoms with Gasteiger partial charge in [-0.15, -0.1) is 0 Å². The van der Waals surface area contributed by atoms with Gasteiger partial charge in [0.1, 0.15) is 5.75 Å². The second kappa shape index (κ2) is 7.98. The molecule has 132 valence electrons. The van der Waals surface area contributed by atoms with Crippen molar-refractivity contribution in [1.29, 1.82) is 0 Å². The smallest absolute Gasteiger partial charge is 0.338 e. The Hall–Kier alpha value is -3.61. The maximum Gasteiger partial charge on any atom is 0.338 e. The number of rotatable bonds is 6. The Labute approximate surface area is 150 Å². The monoisotopic (exact) mass is 351 g/mol. The summed E-state index contributed by atoms with van der Waals surface area (Å²) in [6.45, 7) is -0.369. The minimum atomic E-state index is -0.568. The topological polar surface area (TPSA) is 82.5 Å². The summed E-state index contributed by atoms with van der Waals surface area (Å²) in [5.74, 6) is -0.299. The van der Waals surface area contributed by atoms with Gasteiger partial charge in [0, 0.05) is 18.1 Å². The van der Waals surface area contributed by atoms with Gasteiger partial charge in [0.05, 0.1) is 18.4 Å². The van der Waals surface area contributed by atoms with Crippen LogP contribution in [-0.4, -0.2) is 35.4 Å². The van der Waals surface area contributed by atoms with Crippen LogP contribution in [0.4, 0.5) is 5.69 Å². The van der Waals surface area contributed by atoms with E-state index in [2.05, 4.69) is 10.4 Å². The highest BCUT2D eigenvalue weighted by atomic mass is 16.5. The van der Waals surface area contributed by atoms with Gasteiger partial charge in [-0.25, -0.2) is 9.48 Å². The second-order valence-electron chi connectivity index (χ2n) is 5.35. The Balaban J connectivity index is 1.52. The SMILES string of the molecule is COc1ccc(NC(=O)COC(=O)c2ccc(-n3cccn3)cc2)cc1. The fourth-order valence-corrected chi connectivity index (χ4v) is 2.26. The standard InChI is InChI=1S/C19H17N3O4/c1-25-17-9-5-15(6-10-17)21-18(23)13-26-19(24)14-3-7-16(8-4-14)22-12-2-11-20-22/h2-12H,13H2,1H3,(H,21,23). The average molecular weight is 351 g/mol. The summed E-state index contributed by atoms with van der Waals surface area (Å²) in [4.78, 5) is 23.9. The lowest BCUT2D eigenvalue weighted by Crippen LogP contribution is -2.20. The van der Waals surface area contributed by atoms with Crippen LogP contribution < -0.4 is 10.1 Å². The molecular formula is C19H17N3O4. The number of amides is 1. The summed E-state index contributed by atoms with van der Waals surface area (Å²) in [5.41, 5.74) is 1.78. The highest BCUT2D eigenvalue weighted by Gasteiger charge is 2.11. The largest absolute Gasteiger partial charge is 0.497 e. The Morgan fingerprint density at radius 3 is 2.42 bits per heavy atom. The molecule has 0 aliphatic carbocycles. The first-order valence-electron chi connectivity index (χ1n) is 7.87. The van der Waals surface area contributed by atoms with E-state index in [9.17, 15) is 9.59 Å². The first-order chi connectivity index (χ1) is 12.7. The van der Waals surface area contributed by atoms with Gasteiger partial charge in [-0.1, -0.05) is 0 Å². The molecule has 0 aliphatic rings. The van der Waals surface area contributed by atoms with Crippen molar-refractivity contribution >= 4 is 17.6 Å². The molecule has 1 aromatic heterocycles. The Bertz CT molecular complexity index is 872. The minimum absolute atomic E-state index is 0.359. The zero-order valence-corrected chi connectivity index (χ0v) is 14.1. The van der Waals surface area contributed by atoms with E-state index in [1.165, 1.54) is 0 Å². The molecule has 3 rings (SSSR count). The average Bonchev–Trinajstić information content (AvgIpc) is 3.21. The molecule has 1 heterocycles. The molecule has 0 unspecified atom stereocenters. The lowest BCUT2D eigenvalue weighted by molar-refractivity contribution is -0.119. The number of nitrogens with one attached hydrogen (secondary N) is 1. The number of ether oxygens (including phenoxy) is 2. The Morgan fingerprint density at radius 2 is 1.81 bits per heavy atom. The van der Waals surface area contributed by atoms with Crippen molar-refractivity contribution in [3.63, 3.8) is 0 Å². The molecule has 0 saturated heterocycles. The maximum absolute atomic E-state index is 12.0. The number of methoxy groups -OCH3 is 1. The first-order valence-corrected chi connectivity index (χ1v) is 7.87. The Kier molecular flexibility index (Phi) is 5.28. The van der Waals surface area contributed by atoms with Gasteiger partial charge in [-0.3, -0.25) is 4.79 Å². The molecule has 26 heavy (non-hydrogen) atoms. The van der Waals surface area contributed by atoms with Crippen molar-refractivity contribution in [3.8, 4) is 11.4 Å². The maximum atomic E-state index is 12.0. The van der Waals surface area contributed by atoms with Crippen LogP contribution in [0.5, 0.6) is 5.75 Å². The third-order valence-corrected chi connectivity index (χ3v) is 3.58. The number of benzene rings is 2. The molecule has 0 fully saturated rings. The molecule has 0 saturated carbocycles. The van der Waals surface area contributed by atoms with Crippen molar-refractivity contribution in [2.45, 2.75) is 0 Å². The summed E-state index contributed by atoms with van der Waals surface area (Å²) >= 11 is 0. The third kappa shape index (κ3) is 4.27. The first kappa shape index (κ1) is 17.2. The van der Waals surface area contributed by atoms with Crippen LogP contribution in [0.2, 0.25) is 0 Å². The van der Waals surface area contributed by atoms with E-state index in [1.54, 1.807) is 72.7 Å². The fourth-order valence-electron chi connectivity index (χ4n) is 2.26. The number of esters is 1. The van der Waals surface area contributed by atoms with Crippen molar-refractivity contribution in [2.75, 3.05) is 19.0 Å². The molecule has 2 aromatic carbocycles. The molecule has 0 atom stereocenters. The van der Waals surface area contributed by atoms with Gasteiger partial charge in [0.15, 0.2) is 6.61 Å². The van der Waals surface area contributed by atoms with Crippen LogP contribution in [0.15, 0.2) is 67.0 Å². The molecule has 0 radical (unpaired) electrons. The van der Waals surface area contributed by atoms with Crippen LogP contribution in [0.3, 0.4) is 0 Å². The van der Waals surface area contributed by atoms with Crippen molar-refractivity contribution in [2.24, 2.45) is 0 Å². The van der Waals surface area contributed by atoms with E-state index < -0.39 is 11.9 Å². The third-order valence-electron chi connectivity index (χ3n) is 3.58. The van der Waals surface area contributed by atoms with E-state index in [-0.39, 0.29) is 6.61 Å². The number of hydrogen-bond acceptors (Lipinski definition) is 5. The summed E-state index contributed by atoms with van der Waals surface area (Å²) < 4.78 is 11.8. The van der Waals surface area contributed by atoms with Crippen LogP contribution in [-0.2, 0) is 9.53 Å². The predicted octanol–water partition coefficient (Wildman–Crippen LogP) is 2.68. The highest BCUT2D eigenvalue weighted by molar-refractivity contribution is 5.95. The van der Waals surface area contributed by atoms with Crippen LogP contribution in [0, 0.1) is 0 Å². The van der Waals surface area contributed by atoms with Gasteiger partial charge in [0.2, 0.25) is 0 Å². The zero-order chi connectivity index (χ0) is 18.4. The molecule has 0 bridgehead atoms. The van der Waals surface area contributed by atoms with Crippen LogP contribution >= 0.6 is 0 Å². The van der Waals surface area contributed by atoms with Crippen LogP contribution in [0.25, 0.3) is 5.69 Å². The normalized spacial score (nSPS) is 10.2. The van der Waals surface area contributed by atoms with Crippen molar-refractivity contribution in [3.05, 3.63) is 72.6 Å². The number of carbonyl (C=O) groups is 2. The van der Waals surface area contributed by atoms with E-state index in [4.69, 9.17) is 9.47 Å². The van der Waals surface area contributed by atoms with E-state index >= 15 is 0 Å².